The van der Waals surface area contributed by atoms with E-state index in [4.69, 9.17) is 4.74 Å². The second-order valence-electron chi connectivity index (χ2n) is 8.64. The standard InChI is InChI=1S/C19H34N4O4/c1-18(2,3)14-5-7-19(8-6-14)16(25)23(17(26)22-19)13-15(24)21-10-9-20-11-12-27-4/h14,20H,5-13H2,1-4H3,(H,21,24)(H,22,26). The van der Waals surface area contributed by atoms with E-state index in [9.17, 15) is 14.4 Å². The van der Waals surface area contributed by atoms with Crippen LogP contribution in [-0.4, -0.2) is 68.2 Å². The molecule has 8 heteroatoms. The van der Waals surface area contributed by atoms with E-state index in [-0.39, 0.29) is 23.8 Å². The van der Waals surface area contributed by atoms with Crippen LogP contribution in [0.5, 0.6) is 0 Å². The summed E-state index contributed by atoms with van der Waals surface area (Å²) in [5, 5.41) is 8.71. The number of methoxy groups -OCH3 is 1. The average Bonchev–Trinajstić information content (AvgIpc) is 2.82. The molecule has 1 aliphatic carbocycles. The molecular formula is C19H34N4O4. The van der Waals surface area contributed by atoms with E-state index in [0.717, 1.165) is 17.7 Å². The van der Waals surface area contributed by atoms with Crippen LogP contribution in [0, 0.1) is 11.3 Å². The zero-order valence-corrected chi connectivity index (χ0v) is 17.0. The number of hydrogen-bond donors (Lipinski definition) is 3. The van der Waals surface area contributed by atoms with Crippen molar-refractivity contribution in [3.8, 4) is 0 Å². The molecule has 2 fully saturated rings. The van der Waals surface area contributed by atoms with Crippen LogP contribution < -0.4 is 16.0 Å². The zero-order valence-electron chi connectivity index (χ0n) is 17.0. The van der Waals surface area contributed by atoms with E-state index >= 15 is 0 Å². The van der Waals surface area contributed by atoms with Crippen LogP contribution in [-0.2, 0) is 14.3 Å². The first-order valence-electron chi connectivity index (χ1n) is 9.80. The van der Waals surface area contributed by atoms with Crippen molar-refractivity contribution < 1.29 is 19.1 Å². The average molecular weight is 383 g/mol. The van der Waals surface area contributed by atoms with Gasteiger partial charge in [-0.15, -0.1) is 0 Å². The van der Waals surface area contributed by atoms with Gasteiger partial charge < -0.3 is 20.7 Å². The number of hydrogen-bond acceptors (Lipinski definition) is 5. The summed E-state index contributed by atoms with van der Waals surface area (Å²) in [5.74, 6) is -0.0449. The summed E-state index contributed by atoms with van der Waals surface area (Å²) < 4.78 is 4.92. The van der Waals surface area contributed by atoms with Crippen molar-refractivity contribution in [2.75, 3.05) is 39.9 Å². The number of carbonyl (C=O) groups excluding carboxylic acids is 3. The number of nitrogens with zero attached hydrogens (tertiary/aromatic N) is 1. The maximum absolute atomic E-state index is 12.9. The van der Waals surface area contributed by atoms with Crippen LogP contribution in [0.2, 0.25) is 0 Å². The third-order valence-electron chi connectivity index (χ3n) is 5.72. The van der Waals surface area contributed by atoms with Gasteiger partial charge in [0.1, 0.15) is 12.1 Å². The van der Waals surface area contributed by atoms with E-state index in [0.29, 0.717) is 45.0 Å². The molecule has 0 atom stereocenters. The van der Waals surface area contributed by atoms with Gasteiger partial charge in [0.05, 0.1) is 6.61 Å². The summed E-state index contributed by atoms with van der Waals surface area (Å²) in [6.45, 7) is 8.76. The van der Waals surface area contributed by atoms with Crippen molar-refractivity contribution in [1.82, 2.24) is 20.9 Å². The molecule has 2 rings (SSSR count). The molecule has 0 aromatic carbocycles. The Balaban J connectivity index is 1.81. The molecule has 2 aliphatic rings. The first-order chi connectivity index (χ1) is 12.7. The van der Waals surface area contributed by atoms with E-state index in [1.807, 2.05) is 0 Å². The van der Waals surface area contributed by atoms with Crippen molar-refractivity contribution in [1.29, 1.82) is 0 Å². The number of imide groups is 1. The summed E-state index contributed by atoms with van der Waals surface area (Å²) in [5.41, 5.74) is -0.620. The van der Waals surface area contributed by atoms with Gasteiger partial charge >= 0.3 is 6.03 Å². The lowest BCUT2D eigenvalue weighted by atomic mass is 9.67. The summed E-state index contributed by atoms with van der Waals surface area (Å²) in [7, 11) is 1.63. The molecular weight excluding hydrogens is 348 g/mol. The first kappa shape index (κ1) is 21.6. The van der Waals surface area contributed by atoms with Crippen molar-refractivity contribution >= 4 is 17.8 Å². The molecule has 0 unspecified atom stereocenters. The molecule has 1 aliphatic heterocycles. The predicted octanol–water partition coefficient (Wildman–Crippen LogP) is 0.866. The minimum absolute atomic E-state index is 0.199. The maximum Gasteiger partial charge on any atom is 0.325 e. The van der Waals surface area contributed by atoms with Crippen molar-refractivity contribution in [3.05, 3.63) is 0 Å². The molecule has 27 heavy (non-hydrogen) atoms. The number of carbonyl (C=O) groups is 3. The van der Waals surface area contributed by atoms with Gasteiger partial charge in [-0.25, -0.2) is 4.79 Å². The topological polar surface area (TPSA) is 99.8 Å². The molecule has 4 amide bonds. The Kier molecular flexibility index (Phi) is 7.22. The van der Waals surface area contributed by atoms with E-state index in [1.165, 1.54) is 0 Å². The van der Waals surface area contributed by atoms with E-state index in [1.54, 1.807) is 7.11 Å². The van der Waals surface area contributed by atoms with Gasteiger partial charge in [-0.05, 0) is 37.0 Å². The van der Waals surface area contributed by atoms with Gasteiger partial charge in [-0.1, -0.05) is 20.8 Å². The van der Waals surface area contributed by atoms with Crippen molar-refractivity contribution in [3.63, 3.8) is 0 Å². The Bertz CT molecular complexity index is 550. The molecule has 1 saturated carbocycles. The second-order valence-corrected chi connectivity index (χ2v) is 8.64. The van der Waals surface area contributed by atoms with E-state index < -0.39 is 11.6 Å². The molecule has 1 saturated heterocycles. The smallest absolute Gasteiger partial charge is 0.325 e. The number of amides is 4. The number of rotatable bonds is 8. The van der Waals surface area contributed by atoms with E-state index in [2.05, 4.69) is 36.7 Å². The maximum atomic E-state index is 12.9. The van der Waals surface area contributed by atoms with Gasteiger partial charge in [-0.3, -0.25) is 14.5 Å². The molecule has 1 heterocycles. The third kappa shape index (κ3) is 5.42. The van der Waals surface area contributed by atoms with Crippen LogP contribution in [0.3, 0.4) is 0 Å². The second kappa shape index (κ2) is 9.01. The normalized spacial score (nSPS) is 25.8. The molecule has 154 valence electrons. The van der Waals surface area contributed by atoms with Crippen molar-refractivity contribution in [2.24, 2.45) is 11.3 Å². The van der Waals surface area contributed by atoms with Gasteiger partial charge in [0.15, 0.2) is 0 Å². The zero-order chi connectivity index (χ0) is 20.1. The molecule has 0 bridgehead atoms. The fraction of sp³-hybridized carbons (Fsp3) is 0.842. The number of urea groups is 1. The Morgan fingerprint density at radius 2 is 1.89 bits per heavy atom. The highest BCUT2D eigenvalue weighted by molar-refractivity contribution is 6.09. The van der Waals surface area contributed by atoms with Crippen LogP contribution in [0.4, 0.5) is 4.79 Å². The highest BCUT2D eigenvalue weighted by atomic mass is 16.5. The summed E-state index contributed by atoms with van der Waals surface area (Å²) in [6.07, 6.45) is 3.09. The first-order valence-corrected chi connectivity index (χ1v) is 9.80. The predicted molar refractivity (Wildman–Crippen MR) is 102 cm³/mol. The fourth-order valence-electron chi connectivity index (χ4n) is 3.92. The quantitative estimate of drug-likeness (QED) is 0.427. The minimum atomic E-state index is -0.819. The van der Waals surface area contributed by atoms with Gasteiger partial charge in [0, 0.05) is 26.7 Å². The summed E-state index contributed by atoms with van der Waals surface area (Å²) in [6, 6.07) is -0.456. The van der Waals surface area contributed by atoms with Crippen molar-refractivity contribution in [2.45, 2.75) is 52.0 Å². The highest BCUT2D eigenvalue weighted by Crippen LogP contribution is 2.43. The Morgan fingerprint density at radius 1 is 1.22 bits per heavy atom. The largest absolute Gasteiger partial charge is 0.383 e. The number of nitrogens with one attached hydrogen (secondary N) is 3. The van der Waals surface area contributed by atoms with Crippen LogP contribution >= 0.6 is 0 Å². The minimum Gasteiger partial charge on any atom is -0.383 e. The third-order valence-corrected chi connectivity index (χ3v) is 5.72. The molecule has 3 N–H and O–H groups in total. The lowest BCUT2D eigenvalue weighted by Crippen LogP contribution is -2.51. The Hall–Kier alpha value is -1.67. The fourth-order valence-corrected chi connectivity index (χ4v) is 3.92. The van der Waals surface area contributed by atoms with Gasteiger partial charge in [0.25, 0.3) is 5.91 Å². The lowest BCUT2D eigenvalue weighted by Gasteiger charge is -2.40. The van der Waals surface area contributed by atoms with Crippen LogP contribution in [0.15, 0.2) is 0 Å². The monoisotopic (exact) mass is 382 g/mol. The molecule has 0 aromatic rings. The summed E-state index contributed by atoms with van der Waals surface area (Å²) >= 11 is 0. The lowest BCUT2D eigenvalue weighted by molar-refractivity contribution is -0.136. The number of ether oxygens (including phenoxy) is 1. The Labute approximate surface area is 161 Å². The molecule has 1 spiro atoms. The van der Waals surface area contributed by atoms with Gasteiger partial charge in [0.2, 0.25) is 5.91 Å². The molecule has 8 nitrogen and oxygen atoms in total. The Morgan fingerprint density at radius 3 is 2.48 bits per heavy atom. The van der Waals surface area contributed by atoms with Crippen LogP contribution in [0.1, 0.15) is 46.5 Å². The highest BCUT2D eigenvalue weighted by Gasteiger charge is 2.53. The van der Waals surface area contributed by atoms with Gasteiger partial charge in [-0.2, -0.15) is 0 Å². The van der Waals surface area contributed by atoms with Crippen LogP contribution in [0.25, 0.3) is 0 Å². The molecule has 0 radical (unpaired) electrons. The summed E-state index contributed by atoms with van der Waals surface area (Å²) in [4.78, 5) is 38.3. The SMILES string of the molecule is COCCNCCNC(=O)CN1C(=O)NC2(CCC(C(C)(C)C)CC2)C1=O. The molecule has 0 aromatic heterocycles.